The molecule has 6 aromatic carbocycles. The second kappa shape index (κ2) is 14.4. The highest BCUT2D eigenvalue weighted by Crippen LogP contribution is 2.62. The van der Waals surface area contributed by atoms with Crippen molar-refractivity contribution >= 4 is 104 Å². The summed E-state index contributed by atoms with van der Waals surface area (Å²) in [5.41, 5.74) is 7.22. The van der Waals surface area contributed by atoms with E-state index in [4.69, 9.17) is 0 Å². The SMILES string of the molecule is CC(C)c1cccc(C(C)C)c1N1C(=O)c2cc3cc4c(cc3cc2C1=O)SC(=C1Sc2cc3cc5c(cc3cc2S1)C(=O)N(c1c(C(C)C)cccc1C(C)C)C5=O)S4. The average Bonchev–Trinajstić information content (AvgIpc) is 3.94. The van der Waals surface area contributed by atoms with E-state index >= 15 is 0 Å². The van der Waals surface area contributed by atoms with Gasteiger partial charge in [0, 0.05) is 19.6 Å². The summed E-state index contributed by atoms with van der Waals surface area (Å²) >= 11 is 6.93. The molecule has 10 rings (SSSR count). The minimum Gasteiger partial charge on any atom is -0.268 e. The fraction of sp³-hybridized carbons (Fsp3) is 0.240. The van der Waals surface area contributed by atoms with Crippen molar-refractivity contribution in [2.45, 2.75) is 98.6 Å². The second-order valence-electron chi connectivity index (χ2n) is 17.2. The summed E-state index contributed by atoms with van der Waals surface area (Å²) in [5, 5.41) is 3.73. The molecule has 0 atom stereocenters. The van der Waals surface area contributed by atoms with Crippen molar-refractivity contribution in [3.8, 4) is 0 Å². The lowest BCUT2D eigenvalue weighted by Crippen LogP contribution is -2.31. The molecule has 0 bridgehead atoms. The number of amides is 4. The van der Waals surface area contributed by atoms with E-state index in [0.717, 1.165) is 74.8 Å². The van der Waals surface area contributed by atoms with Gasteiger partial charge in [-0.25, -0.2) is 9.80 Å². The maximum atomic E-state index is 14.1. The fourth-order valence-corrected chi connectivity index (χ4v) is 14.3. The highest BCUT2D eigenvalue weighted by Gasteiger charge is 2.42. The average molecular weight is 863 g/mol. The molecule has 6 nitrogen and oxygen atoms in total. The van der Waals surface area contributed by atoms with Crippen LogP contribution in [-0.2, 0) is 0 Å². The van der Waals surface area contributed by atoms with Crippen LogP contribution >= 0.6 is 47.0 Å². The summed E-state index contributed by atoms with van der Waals surface area (Å²) in [4.78, 5) is 63.9. The van der Waals surface area contributed by atoms with Crippen molar-refractivity contribution in [2.24, 2.45) is 0 Å². The number of para-hydroxylation sites is 2. The molecule has 0 aromatic heterocycles. The van der Waals surface area contributed by atoms with E-state index in [1.54, 1.807) is 47.0 Å². The maximum Gasteiger partial charge on any atom is 0.266 e. The van der Waals surface area contributed by atoms with Gasteiger partial charge in [0.15, 0.2) is 0 Å². The van der Waals surface area contributed by atoms with Crippen LogP contribution < -0.4 is 9.80 Å². The Morgan fingerprint density at radius 3 is 0.817 bits per heavy atom. The molecule has 0 aliphatic carbocycles. The van der Waals surface area contributed by atoms with Crippen LogP contribution in [0.4, 0.5) is 11.4 Å². The molecule has 0 radical (unpaired) electrons. The van der Waals surface area contributed by atoms with Crippen LogP contribution in [0.2, 0.25) is 0 Å². The van der Waals surface area contributed by atoms with Gasteiger partial charge >= 0.3 is 0 Å². The molecule has 300 valence electrons. The zero-order valence-electron chi connectivity index (χ0n) is 34.6. The quantitative estimate of drug-likeness (QED) is 0.153. The molecule has 0 saturated carbocycles. The van der Waals surface area contributed by atoms with E-state index in [-0.39, 0.29) is 47.3 Å². The monoisotopic (exact) mass is 862 g/mol. The van der Waals surface area contributed by atoms with Gasteiger partial charge in [-0.15, -0.1) is 0 Å². The molecule has 4 heterocycles. The van der Waals surface area contributed by atoms with Gasteiger partial charge in [0.1, 0.15) is 0 Å². The largest absolute Gasteiger partial charge is 0.268 e. The van der Waals surface area contributed by atoms with Gasteiger partial charge in [0.05, 0.1) is 42.1 Å². The van der Waals surface area contributed by atoms with Gasteiger partial charge in [-0.3, -0.25) is 19.2 Å². The van der Waals surface area contributed by atoms with Gasteiger partial charge in [0.25, 0.3) is 23.6 Å². The highest BCUT2D eigenvalue weighted by molar-refractivity contribution is 8.30. The molecule has 4 amide bonds. The van der Waals surface area contributed by atoms with E-state index in [2.05, 4.69) is 79.7 Å². The summed E-state index contributed by atoms with van der Waals surface area (Å²) in [6, 6.07) is 28.3. The van der Waals surface area contributed by atoms with E-state index < -0.39 is 0 Å². The van der Waals surface area contributed by atoms with Crippen LogP contribution in [0.1, 0.15) is 143 Å². The molecule has 0 fully saturated rings. The molecule has 60 heavy (non-hydrogen) atoms. The Morgan fingerprint density at radius 2 is 0.600 bits per heavy atom. The summed E-state index contributed by atoms with van der Waals surface area (Å²) in [6.45, 7) is 16.8. The lowest BCUT2D eigenvalue weighted by atomic mass is 9.92. The molecule has 4 aliphatic rings. The Kier molecular flexibility index (Phi) is 9.48. The van der Waals surface area contributed by atoms with Crippen molar-refractivity contribution < 1.29 is 19.2 Å². The fourth-order valence-electron chi connectivity index (χ4n) is 8.86. The van der Waals surface area contributed by atoms with E-state index in [1.807, 2.05) is 60.7 Å². The van der Waals surface area contributed by atoms with Gasteiger partial charge in [-0.05, 0) is 116 Å². The Labute approximate surface area is 366 Å². The number of carbonyl (C=O) groups is 4. The highest BCUT2D eigenvalue weighted by atomic mass is 32.2. The molecule has 0 spiro atoms. The Hall–Kier alpha value is -4.74. The van der Waals surface area contributed by atoms with Crippen LogP contribution in [0.15, 0.2) is 113 Å². The van der Waals surface area contributed by atoms with Crippen LogP contribution in [0.25, 0.3) is 21.5 Å². The number of benzene rings is 6. The second-order valence-corrected chi connectivity index (χ2v) is 21.9. The number of hydrogen-bond acceptors (Lipinski definition) is 8. The number of imide groups is 2. The van der Waals surface area contributed by atoms with Crippen molar-refractivity contribution in [3.05, 3.63) is 138 Å². The lowest BCUT2D eigenvalue weighted by Gasteiger charge is -2.25. The van der Waals surface area contributed by atoms with Crippen LogP contribution in [0, 0.1) is 0 Å². The Bertz CT molecular complexity index is 2610. The van der Waals surface area contributed by atoms with Crippen LogP contribution in [0.3, 0.4) is 0 Å². The van der Waals surface area contributed by atoms with E-state index in [9.17, 15) is 19.2 Å². The molecule has 4 aliphatic heterocycles. The minimum absolute atomic E-state index is 0.144. The van der Waals surface area contributed by atoms with E-state index in [0.29, 0.717) is 22.3 Å². The minimum atomic E-state index is -0.269. The number of nitrogens with zero attached hydrogens (tertiary/aromatic N) is 2. The summed E-state index contributed by atoms with van der Waals surface area (Å²) in [6.07, 6.45) is 0. The third-order valence-electron chi connectivity index (χ3n) is 11.9. The number of rotatable bonds is 6. The van der Waals surface area contributed by atoms with Crippen molar-refractivity contribution in [1.82, 2.24) is 0 Å². The van der Waals surface area contributed by atoms with Crippen molar-refractivity contribution in [3.63, 3.8) is 0 Å². The normalized spacial score (nSPS) is 16.0. The molecule has 10 heteroatoms. The van der Waals surface area contributed by atoms with Gasteiger partial charge < -0.3 is 0 Å². The summed E-state index contributed by atoms with van der Waals surface area (Å²) in [5.74, 6) is -0.500. The summed E-state index contributed by atoms with van der Waals surface area (Å²) in [7, 11) is 0. The zero-order valence-corrected chi connectivity index (χ0v) is 37.8. The Morgan fingerprint density at radius 1 is 0.367 bits per heavy atom. The lowest BCUT2D eigenvalue weighted by molar-refractivity contribution is 0.0909. The molecular weight excluding hydrogens is 821 g/mol. The number of anilines is 2. The third kappa shape index (κ3) is 6.03. The van der Waals surface area contributed by atoms with Gasteiger partial charge in [0.2, 0.25) is 0 Å². The summed E-state index contributed by atoms with van der Waals surface area (Å²) < 4.78 is 2.36. The number of hydrogen-bond donors (Lipinski definition) is 0. The standard InChI is InChI=1S/C50H42N2O4S4/c1-23(2)31-11-9-12-32(24(3)4)43(31)51-45(53)35-15-27-19-39-40(20-28(27)16-36(35)46(51)54)58-49(57-39)50-59-41-21-29-17-37-38(18-30(29)22-42(41)60-50)48(56)52(47(37)55)44-33(25(5)6)13-10-14-34(44)26(7)8/h9-26H,1-8H3. The maximum absolute atomic E-state index is 14.1. The molecular formula is C50H42N2O4S4. The van der Waals surface area contributed by atoms with Gasteiger partial charge in [-0.1, -0.05) is 139 Å². The smallest absolute Gasteiger partial charge is 0.266 e. The third-order valence-corrected chi connectivity index (χ3v) is 17.5. The first-order valence-corrected chi connectivity index (χ1v) is 23.7. The topological polar surface area (TPSA) is 74.8 Å². The first-order valence-electron chi connectivity index (χ1n) is 20.4. The first kappa shape index (κ1) is 39.4. The predicted octanol–water partition coefficient (Wildman–Crippen LogP) is 14.3. The molecule has 0 unspecified atom stereocenters. The molecule has 6 aromatic rings. The van der Waals surface area contributed by atoms with Crippen LogP contribution in [-0.4, -0.2) is 23.6 Å². The Balaban J connectivity index is 0.938. The number of thioether (sulfide) groups is 4. The molecule has 0 N–H and O–H groups in total. The first-order chi connectivity index (χ1) is 28.7. The van der Waals surface area contributed by atoms with Gasteiger partial charge in [-0.2, -0.15) is 0 Å². The van der Waals surface area contributed by atoms with Crippen LogP contribution in [0.5, 0.6) is 0 Å². The molecule has 0 saturated heterocycles. The van der Waals surface area contributed by atoms with Crippen molar-refractivity contribution in [2.75, 3.05) is 9.80 Å². The number of carbonyl (C=O) groups excluding carboxylic acids is 4. The van der Waals surface area contributed by atoms with E-state index in [1.165, 1.54) is 18.3 Å². The van der Waals surface area contributed by atoms with Crippen molar-refractivity contribution in [1.29, 1.82) is 0 Å². The predicted molar refractivity (Wildman–Crippen MR) is 250 cm³/mol. The zero-order chi connectivity index (χ0) is 42.0. The number of fused-ring (bicyclic) bond motifs is 6.